The van der Waals surface area contributed by atoms with Crippen LogP contribution in [-0.4, -0.2) is 46.7 Å². The number of ether oxygens (including phenoxy) is 3. The molecule has 0 atom stereocenters. The Balaban J connectivity index is 1.38. The van der Waals surface area contributed by atoms with Gasteiger partial charge in [0.05, 0.1) is 29.7 Å². The molecule has 0 bridgehead atoms. The average molecular weight is 413 g/mol. The molecule has 0 aromatic carbocycles. The molecule has 10 heteroatoms. The van der Waals surface area contributed by atoms with E-state index < -0.39 is 0 Å². The third-order valence-corrected chi connectivity index (χ3v) is 5.11. The van der Waals surface area contributed by atoms with Crippen LogP contribution in [-0.2, 0) is 16.1 Å². The molecule has 1 amide bonds. The molecule has 0 radical (unpaired) electrons. The maximum Gasteiger partial charge on any atom is 0.240 e. The highest BCUT2D eigenvalue weighted by Gasteiger charge is 2.30. The molecule has 1 aliphatic carbocycles. The van der Waals surface area contributed by atoms with E-state index in [-0.39, 0.29) is 17.0 Å². The maximum atomic E-state index is 10.8. The quantitative estimate of drug-likeness (QED) is 0.599. The number of thiazole rings is 1. The minimum Gasteiger partial charge on any atom is -0.476 e. The Kier molecular flexibility index (Phi) is 7.19. The molecule has 0 aliphatic heterocycles. The molecule has 0 unspecified atom stereocenters. The van der Waals surface area contributed by atoms with Gasteiger partial charge in [0, 0.05) is 19.7 Å². The number of amides is 1. The highest BCUT2D eigenvalue weighted by atomic mass is 35.5. The largest absolute Gasteiger partial charge is 0.476 e. The van der Waals surface area contributed by atoms with E-state index in [1.165, 1.54) is 24.6 Å². The van der Waals surface area contributed by atoms with E-state index >= 15 is 0 Å². The zero-order valence-electron chi connectivity index (χ0n) is 14.9. The van der Waals surface area contributed by atoms with Gasteiger partial charge in [-0.1, -0.05) is 11.6 Å². The van der Waals surface area contributed by atoms with Gasteiger partial charge in [-0.25, -0.2) is 9.97 Å². The SMILES string of the molecule is CC(=O)NCCO[C@H]1C[C@H](COc2ncnc(OCc3cncs3)c2Cl)C1. The van der Waals surface area contributed by atoms with Crippen molar-refractivity contribution in [3.63, 3.8) is 0 Å². The van der Waals surface area contributed by atoms with Crippen LogP contribution in [0, 0.1) is 5.92 Å². The standard InChI is InChI=1S/C17H21ClN4O4S/c1-11(23)20-2-3-24-13-4-12(5-13)7-25-16-15(18)17(22-9-21-16)26-8-14-6-19-10-27-14/h6,9-10,12-13H,2-5,7-8H2,1H3,(H,20,23)/t12-,13-. The number of hydrogen-bond acceptors (Lipinski definition) is 8. The topological polar surface area (TPSA) is 95.5 Å². The van der Waals surface area contributed by atoms with Crippen LogP contribution in [0.2, 0.25) is 5.02 Å². The Labute approximate surface area is 166 Å². The molecule has 1 aliphatic rings. The molecule has 27 heavy (non-hydrogen) atoms. The summed E-state index contributed by atoms with van der Waals surface area (Å²) in [5.41, 5.74) is 1.74. The van der Waals surface area contributed by atoms with Crippen molar-refractivity contribution in [3.05, 3.63) is 27.9 Å². The number of aromatic nitrogens is 3. The summed E-state index contributed by atoms with van der Waals surface area (Å²) in [5.74, 6) is 0.961. The second kappa shape index (κ2) is 9.82. The summed E-state index contributed by atoms with van der Waals surface area (Å²) in [6.45, 7) is 3.41. The van der Waals surface area contributed by atoms with Crippen molar-refractivity contribution in [2.24, 2.45) is 5.92 Å². The Hall–Kier alpha value is -1.97. The van der Waals surface area contributed by atoms with E-state index in [0.29, 0.717) is 44.0 Å². The number of rotatable bonds is 10. The van der Waals surface area contributed by atoms with Crippen molar-refractivity contribution >= 4 is 28.8 Å². The number of nitrogens with zero attached hydrogens (tertiary/aromatic N) is 3. The van der Waals surface area contributed by atoms with E-state index in [2.05, 4.69) is 20.3 Å². The lowest BCUT2D eigenvalue weighted by molar-refractivity contribution is -0.119. The predicted molar refractivity (Wildman–Crippen MR) is 100 cm³/mol. The molecular weight excluding hydrogens is 392 g/mol. The molecule has 1 saturated carbocycles. The smallest absolute Gasteiger partial charge is 0.240 e. The molecule has 0 saturated heterocycles. The summed E-state index contributed by atoms with van der Waals surface area (Å²) >= 11 is 7.79. The van der Waals surface area contributed by atoms with Crippen LogP contribution in [0.5, 0.6) is 11.8 Å². The van der Waals surface area contributed by atoms with Gasteiger partial charge in [-0.2, -0.15) is 0 Å². The lowest BCUT2D eigenvalue weighted by atomic mass is 9.83. The first kappa shape index (κ1) is 19.8. The summed E-state index contributed by atoms with van der Waals surface area (Å²) < 4.78 is 17.0. The van der Waals surface area contributed by atoms with Gasteiger partial charge in [0.2, 0.25) is 17.7 Å². The molecule has 1 N–H and O–H groups in total. The molecule has 3 rings (SSSR count). The fourth-order valence-corrected chi connectivity index (χ4v) is 3.30. The number of carbonyl (C=O) groups excluding carboxylic acids is 1. The summed E-state index contributed by atoms with van der Waals surface area (Å²) in [5, 5.41) is 2.97. The van der Waals surface area contributed by atoms with Crippen LogP contribution in [0.1, 0.15) is 24.6 Å². The summed E-state index contributed by atoms with van der Waals surface area (Å²) in [4.78, 5) is 23.9. The van der Waals surface area contributed by atoms with Gasteiger partial charge in [-0.3, -0.25) is 9.78 Å². The van der Waals surface area contributed by atoms with Gasteiger partial charge in [0.1, 0.15) is 12.9 Å². The lowest BCUT2D eigenvalue weighted by Gasteiger charge is -2.34. The maximum absolute atomic E-state index is 10.8. The zero-order chi connectivity index (χ0) is 19.1. The summed E-state index contributed by atoms with van der Waals surface area (Å²) in [7, 11) is 0. The lowest BCUT2D eigenvalue weighted by Crippen LogP contribution is -2.37. The van der Waals surface area contributed by atoms with Crippen LogP contribution in [0.25, 0.3) is 0 Å². The molecular formula is C17H21ClN4O4S. The minimum absolute atomic E-state index is 0.0457. The van der Waals surface area contributed by atoms with Crippen LogP contribution in [0.15, 0.2) is 18.0 Å². The zero-order valence-corrected chi connectivity index (χ0v) is 16.5. The van der Waals surface area contributed by atoms with Crippen LogP contribution in [0.4, 0.5) is 0 Å². The first-order valence-corrected chi connectivity index (χ1v) is 9.87. The van der Waals surface area contributed by atoms with Crippen molar-refractivity contribution in [1.29, 1.82) is 0 Å². The van der Waals surface area contributed by atoms with Gasteiger partial charge in [0.15, 0.2) is 5.02 Å². The van der Waals surface area contributed by atoms with Crippen molar-refractivity contribution in [2.45, 2.75) is 32.5 Å². The minimum atomic E-state index is -0.0457. The second-order valence-electron chi connectivity index (χ2n) is 6.18. The number of carbonyl (C=O) groups is 1. The van der Waals surface area contributed by atoms with Gasteiger partial charge >= 0.3 is 0 Å². The normalized spacial score (nSPS) is 18.6. The highest BCUT2D eigenvalue weighted by molar-refractivity contribution is 7.09. The Bertz CT molecular complexity index is 741. The van der Waals surface area contributed by atoms with Gasteiger partial charge in [-0.05, 0) is 18.8 Å². The number of hydrogen-bond donors (Lipinski definition) is 1. The fourth-order valence-electron chi connectivity index (χ4n) is 2.59. The predicted octanol–water partition coefficient (Wildman–Crippen LogP) is 2.48. The van der Waals surface area contributed by atoms with Crippen molar-refractivity contribution in [2.75, 3.05) is 19.8 Å². The Morgan fingerprint density at radius 1 is 1.33 bits per heavy atom. The highest BCUT2D eigenvalue weighted by Crippen LogP contribution is 2.34. The third-order valence-electron chi connectivity index (χ3n) is 4.04. The van der Waals surface area contributed by atoms with Gasteiger partial charge in [-0.15, -0.1) is 11.3 Å². The summed E-state index contributed by atoms with van der Waals surface area (Å²) in [6.07, 6.45) is 5.15. The average Bonchev–Trinajstić information content (AvgIpc) is 3.12. The van der Waals surface area contributed by atoms with Crippen LogP contribution < -0.4 is 14.8 Å². The van der Waals surface area contributed by atoms with Crippen molar-refractivity contribution in [3.8, 4) is 11.8 Å². The second-order valence-corrected chi connectivity index (χ2v) is 7.53. The van der Waals surface area contributed by atoms with Crippen LogP contribution in [0.3, 0.4) is 0 Å². The van der Waals surface area contributed by atoms with Crippen molar-refractivity contribution < 1.29 is 19.0 Å². The molecule has 2 heterocycles. The van der Waals surface area contributed by atoms with Gasteiger partial charge in [0.25, 0.3) is 0 Å². The Morgan fingerprint density at radius 2 is 2.11 bits per heavy atom. The van der Waals surface area contributed by atoms with E-state index in [1.807, 2.05) is 0 Å². The van der Waals surface area contributed by atoms with Crippen molar-refractivity contribution in [1.82, 2.24) is 20.3 Å². The molecule has 8 nitrogen and oxygen atoms in total. The fraction of sp³-hybridized carbons (Fsp3) is 0.529. The molecule has 2 aromatic rings. The first-order chi connectivity index (χ1) is 13.1. The first-order valence-electron chi connectivity index (χ1n) is 8.61. The number of nitrogens with one attached hydrogen (secondary N) is 1. The monoisotopic (exact) mass is 412 g/mol. The van der Waals surface area contributed by atoms with E-state index in [4.69, 9.17) is 25.8 Å². The third kappa shape index (κ3) is 6.02. The molecule has 2 aromatic heterocycles. The van der Waals surface area contributed by atoms with Gasteiger partial charge < -0.3 is 19.5 Å². The van der Waals surface area contributed by atoms with E-state index in [0.717, 1.165) is 17.7 Å². The molecule has 1 fully saturated rings. The summed E-state index contributed by atoms with van der Waals surface area (Å²) in [6, 6.07) is 0. The van der Waals surface area contributed by atoms with Crippen LogP contribution >= 0.6 is 22.9 Å². The Morgan fingerprint density at radius 3 is 2.81 bits per heavy atom. The molecule has 0 spiro atoms. The van der Waals surface area contributed by atoms with E-state index in [9.17, 15) is 4.79 Å². The van der Waals surface area contributed by atoms with E-state index in [1.54, 1.807) is 11.7 Å². The number of halogens is 1. The molecule has 146 valence electrons.